The largest absolute Gasteiger partial charge is 0.476 e. The molecule has 0 atom stereocenters. The molecule has 10 heteroatoms. The van der Waals surface area contributed by atoms with E-state index in [9.17, 15) is 4.79 Å². The number of furan rings is 1. The van der Waals surface area contributed by atoms with Crippen LogP contribution in [0.15, 0.2) is 75.0 Å². The fourth-order valence-electron chi connectivity index (χ4n) is 3.54. The van der Waals surface area contributed by atoms with Gasteiger partial charge >= 0.3 is 0 Å². The Balaban J connectivity index is 1.65. The van der Waals surface area contributed by atoms with Crippen LogP contribution in [0.5, 0.6) is 5.75 Å². The van der Waals surface area contributed by atoms with Gasteiger partial charge in [-0.1, -0.05) is 46.9 Å². The van der Waals surface area contributed by atoms with E-state index in [1.54, 1.807) is 60.7 Å². The molecule has 172 valence electrons. The van der Waals surface area contributed by atoms with Crippen molar-refractivity contribution in [1.29, 1.82) is 5.26 Å². The molecular formula is C25H13Cl3N4O3. The Morgan fingerprint density at radius 2 is 1.86 bits per heavy atom. The number of para-hydroxylation sites is 1. The van der Waals surface area contributed by atoms with E-state index in [2.05, 4.69) is 10.1 Å². The molecule has 0 amide bonds. The van der Waals surface area contributed by atoms with Gasteiger partial charge < -0.3 is 9.15 Å². The molecule has 0 aliphatic carbocycles. The van der Waals surface area contributed by atoms with Crippen molar-refractivity contribution in [3.05, 3.63) is 91.6 Å². The lowest BCUT2D eigenvalue weighted by molar-refractivity contribution is 0.368. The maximum absolute atomic E-state index is 13.4. The molecule has 2 heterocycles. The monoisotopic (exact) mass is 522 g/mol. The standard InChI is InChI=1S/C25H13Cl3N4O3/c26-16-5-6-21-15(11-16)12-22(35-21)24-31-20-4-2-1-3-17(20)25(33)32(24)30-13-14-9-18(27)23(19(28)10-14)34-8-7-29/h1-6,9-13H,8H2. The second-order valence-corrected chi connectivity index (χ2v) is 8.62. The third kappa shape index (κ3) is 4.47. The lowest BCUT2D eigenvalue weighted by Gasteiger charge is -2.09. The summed E-state index contributed by atoms with van der Waals surface area (Å²) in [7, 11) is 0. The predicted octanol–water partition coefficient (Wildman–Crippen LogP) is 6.55. The number of ether oxygens (including phenoxy) is 1. The molecule has 0 radical (unpaired) electrons. The van der Waals surface area contributed by atoms with Gasteiger partial charge in [0.05, 0.1) is 27.2 Å². The first kappa shape index (κ1) is 22.9. The Kier molecular flexibility index (Phi) is 6.18. The summed E-state index contributed by atoms with van der Waals surface area (Å²) < 4.78 is 12.4. The summed E-state index contributed by atoms with van der Waals surface area (Å²) >= 11 is 18.6. The maximum atomic E-state index is 13.4. The van der Waals surface area contributed by atoms with Crippen LogP contribution in [-0.2, 0) is 0 Å². The SMILES string of the molecule is N#CCOc1c(Cl)cc(C=Nn2c(-c3cc4cc(Cl)ccc4o3)nc3ccccc3c2=O)cc1Cl. The summed E-state index contributed by atoms with van der Waals surface area (Å²) in [6.45, 7) is -0.197. The second kappa shape index (κ2) is 9.43. The van der Waals surface area contributed by atoms with Gasteiger partial charge in [-0.2, -0.15) is 15.0 Å². The molecule has 0 N–H and O–H groups in total. The smallest absolute Gasteiger partial charge is 0.282 e. The number of hydrogen-bond donors (Lipinski definition) is 0. The van der Waals surface area contributed by atoms with E-state index in [-0.39, 0.29) is 33.8 Å². The van der Waals surface area contributed by atoms with Crippen LogP contribution in [-0.4, -0.2) is 22.5 Å². The molecule has 0 saturated heterocycles. The number of nitriles is 1. The summed E-state index contributed by atoms with van der Waals surface area (Å²) in [5, 5.41) is 15.2. The molecule has 7 nitrogen and oxygen atoms in total. The molecular weight excluding hydrogens is 511 g/mol. The highest BCUT2D eigenvalue weighted by Gasteiger charge is 2.17. The van der Waals surface area contributed by atoms with Crippen LogP contribution in [0.25, 0.3) is 33.5 Å². The Labute approximate surface area is 213 Å². The molecule has 0 spiro atoms. The topological polar surface area (TPSA) is 93.4 Å². The molecule has 3 aromatic carbocycles. The number of benzene rings is 3. The van der Waals surface area contributed by atoms with E-state index in [0.29, 0.717) is 32.8 Å². The highest BCUT2D eigenvalue weighted by Crippen LogP contribution is 2.34. The van der Waals surface area contributed by atoms with E-state index in [1.165, 1.54) is 6.21 Å². The second-order valence-electron chi connectivity index (χ2n) is 7.37. The molecule has 0 aliphatic rings. The van der Waals surface area contributed by atoms with E-state index in [1.807, 2.05) is 6.07 Å². The van der Waals surface area contributed by atoms with Crippen LogP contribution in [0.3, 0.4) is 0 Å². The summed E-state index contributed by atoms with van der Waals surface area (Å²) in [4.78, 5) is 18.0. The molecule has 2 aromatic heterocycles. The third-order valence-corrected chi connectivity index (χ3v) is 5.87. The van der Waals surface area contributed by atoms with E-state index in [0.717, 1.165) is 10.1 Å². The van der Waals surface area contributed by atoms with Gasteiger partial charge in [0.1, 0.15) is 11.7 Å². The first-order chi connectivity index (χ1) is 16.9. The average Bonchev–Trinajstić information content (AvgIpc) is 3.26. The molecule has 5 rings (SSSR count). The number of nitrogens with zero attached hydrogens (tertiary/aromatic N) is 4. The highest BCUT2D eigenvalue weighted by molar-refractivity contribution is 6.37. The van der Waals surface area contributed by atoms with Gasteiger partial charge in [-0.05, 0) is 54.1 Å². The van der Waals surface area contributed by atoms with Crippen molar-refractivity contribution in [3.63, 3.8) is 0 Å². The number of fused-ring (bicyclic) bond motifs is 2. The van der Waals surface area contributed by atoms with Gasteiger partial charge in [-0.3, -0.25) is 4.79 Å². The highest BCUT2D eigenvalue weighted by atomic mass is 35.5. The van der Waals surface area contributed by atoms with Crippen molar-refractivity contribution in [2.45, 2.75) is 0 Å². The fraction of sp³-hybridized carbons (Fsp3) is 0.0400. The van der Waals surface area contributed by atoms with Crippen molar-refractivity contribution in [2.24, 2.45) is 5.10 Å². The maximum Gasteiger partial charge on any atom is 0.282 e. The minimum atomic E-state index is -0.383. The van der Waals surface area contributed by atoms with Crippen LogP contribution >= 0.6 is 34.8 Å². The summed E-state index contributed by atoms with van der Waals surface area (Å²) in [6.07, 6.45) is 1.42. The molecule has 0 fully saturated rings. The van der Waals surface area contributed by atoms with Crippen molar-refractivity contribution in [3.8, 4) is 23.4 Å². The van der Waals surface area contributed by atoms with Crippen LogP contribution in [0.2, 0.25) is 15.1 Å². The normalized spacial score (nSPS) is 11.4. The molecule has 0 aliphatic heterocycles. The van der Waals surface area contributed by atoms with Crippen molar-refractivity contribution < 1.29 is 9.15 Å². The third-order valence-electron chi connectivity index (χ3n) is 5.08. The first-order valence-electron chi connectivity index (χ1n) is 10.2. The van der Waals surface area contributed by atoms with Crippen molar-refractivity contribution in [2.75, 3.05) is 6.61 Å². The summed E-state index contributed by atoms with van der Waals surface area (Å²) in [5.74, 6) is 0.750. The Bertz CT molecular complexity index is 1710. The first-order valence-corrected chi connectivity index (χ1v) is 11.3. The van der Waals surface area contributed by atoms with Gasteiger partial charge in [0.15, 0.2) is 18.1 Å². The molecule has 0 bridgehead atoms. The fourth-order valence-corrected chi connectivity index (χ4v) is 4.33. The number of halogens is 3. The van der Waals surface area contributed by atoms with Crippen LogP contribution in [0, 0.1) is 11.3 Å². The zero-order chi connectivity index (χ0) is 24.5. The molecule has 0 unspecified atom stereocenters. The molecule has 35 heavy (non-hydrogen) atoms. The van der Waals surface area contributed by atoms with Crippen LogP contribution in [0.4, 0.5) is 0 Å². The molecule has 5 aromatic rings. The lowest BCUT2D eigenvalue weighted by atomic mass is 10.2. The van der Waals surface area contributed by atoms with Gasteiger partial charge in [0, 0.05) is 10.4 Å². The average molecular weight is 524 g/mol. The minimum absolute atomic E-state index is 0.193. The van der Waals surface area contributed by atoms with Crippen LogP contribution < -0.4 is 10.3 Å². The van der Waals surface area contributed by atoms with Crippen molar-refractivity contribution in [1.82, 2.24) is 9.66 Å². The van der Waals surface area contributed by atoms with Gasteiger partial charge in [-0.15, -0.1) is 0 Å². The van der Waals surface area contributed by atoms with Gasteiger partial charge in [-0.25, -0.2) is 4.98 Å². The van der Waals surface area contributed by atoms with E-state index >= 15 is 0 Å². The zero-order valence-electron chi connectivity index (χ0n) is 17.7. The predicted molar refractivity (Wildman–Crippen MR) is 137 cm³/mol. The number of aromatic nitrogens is 2. The van der Waals surface area contributed by atoms with Gasteiger partial charge in [0.2, 0.25) is 5.82 Å². The van der Waals surface area contributed by atoms with E-state index < -0.39 is 0 Å². The zero-order valence-corrected chi connectivity index (χ0v) is 20.0. The summed E-state index contributed by atoms with van der Waals surface area (Å²) in [5.41, 5.74) is 1.22. The quantitative estimate of drug-likeness (QED) is 0.243. The van der Waals surface area contributed by atoms with Gasteiger partial charge in [0.25, 0.3) is 5.56 Å². The minimum Gasteiger partial charge on any atom is -0.476 e. The summed E-state index contributed by atoms with van der Waals surface area (Å²) in [6, 6.07) is 18.9. The lowest BCUT2D eigenvalue weighted by Crippen LogP contribution is -2.20. The number of rotatable bonds is 5. The van der Waals surface area contributed by atoms with E-state index in [4.69, 9.17) is 49.2 Å². The Hall–Kier alpha value is -3.83. The Morgan fingerprint density at radius 1 is 1.09 bits per heavy atom. The Morgan fingerprint density at radius 3 is 2.63 bits per heavy atom. The number of hydrogen-bond acceptors (Lipinski definition) is 6. The molecule has 0 saturated carbocycles. The van der Waals surface area contributed by atoms with Crippen molar-refractivity contribution >= 4 is 62.9 Å². The van der Waals surface area contributed by atoms with Crippen LogP contribution in [0.1, 0.15) is 5.56 Å².